The van der Waals surface area contributed by atoms with E-state index in [-0.39, 0.29) is 30.0 Å². The second-order valence-electron chi connectivity index (χ2n) is 9.33. The normalized spacial score (nSPS) is 29.1. The van der Waals surface area contributed by atoms with Crippen molar-refractivity contribution in [1.82, 2.24) is 4.90 Å². The Morgan fingerprint density at radius 3 is 2.76 bits per heavy atom. The molecule has 8 heteroatoms. The summed E-state index contributed by atoms with van der Waals surface area (Å²) in [6.07, 6.45) is 7.97. The minimum absolute atomic E-state index is 0.0302. The smallest absolute Gasteiger partial charge is 0.404 e. The van der Waals surface area contributed by atoms with Gasteiger partial charge < -0.3 is 24.8 Å². The van der Waals surface area contributed by atoms with Gasteiger partial charge in [-0.2, -0.15) is 0 Å². The summed E-state index contributed by atoms with van der Waals surface area (Å²) in [4.78, 5) is 26.7. The molecule has 1 aliphatic carbocycles. The zero-order valence-corrected chi connectivity index (χ0v) is 18.5. The van der Waals surface area contributed by atoms with E-state index in [1.54, 1.807) is 12.1 Å². The first-order chi connectivity index (χ1) is 16.0. The van der Waals surface area contributed by atoms with Gasteiger partial charge in [0.1, 0.15) is 30.4 Å². The van der Waals surface area contributed by atoms with E-state index in [2.05, 4.69) is 6.08 Å². The third kappa shape index (κ3) is 4.56. The molecular weight excluding hydrogens is 427 g/mol. The van der Waals surface area contributed by atoms with Crippen LogP contribution in [0.4, 0.5) is 9.18 Å². The average molecular weight is 457 g/mol. The number of allylic oxidation sites excluding steroid dienone is 3. The van der Waals surface area contributed by atoms with Crippen molar-refractivity contribution >= 4 is 12.0 Å². The van der Waals surface area contributed by atoms with E-state index in [1.165, 1.54) is 12.1 Å². The minimum atomic E-state index is -0.806. The van der Waals surface area contributed by atoms with Gasteiger partial charge in [-0.05, 0) is 56.4 Å². The zero-order chi connectivity index (χ0) is 22.9. The Morgan fingerprint density at radius 2 is 2.03 bits per heavy atom. The van der Waals surface area contributed by atoms with E-state index in [4.69, 9.17) is 19.9 Å². The van der Waals surface area contributed by atoms with E-state index in [0.717, 1.165) is 37.2 Å². The summed E-state index contributed by atoms with van der Waals surface area (Å²) in [6, 6.07) is 5.89. The number of piperidine rings is 1. The number of carbonyl (C=O) groups is 2. The van der Waals surface area contributed by atoms with Crippen molar-refractivity contribution in [3.8, 4) is 0 Å². The molecule has 3 aliphatic heterocycles. The van der Waals surface area contributed by atoms with Crippen molar-refractivity contribution in [3.05, 3.63) is 59.3 Å². The molecule has 4 atom stereocenters. The average Bonchev–Trinajstić information content (AvgIpc) is 3.06. The number of nitrogens with zero attached hydrogens (tertiary/aromatic N) is 1. The summed E-state index contributed by atoms with van der Waals surface area (Å²) in [5.74, 6) is 1.14. The lowest BCUT2D eigenvalue weighted by molar-refractivity contribution is -0.0495. The number of hydrogen-bond donors (Lipinski definition) is 1. The number of carbonyl (C=O) groups excluding carboxylic acids is 2. The second kappa shape index (κ2) is 9.08. The quantitative estimate of drug-likeness (QED) is 0.722. The van der Waals surface area contributed by atoms with Gasteiger partial charge in [0.15, 0.2) is 5.76 Å². The summed E-state index contributed by atoms with van der Waals surface area (Å²) in [5.41, 5.74) is 5.78. The summed E-state index contributed by atoms with van der Waals surface area (Å²) in [7, 11) is 0. The minimum Gasteiger partial charge on any atom is -0.490 e. The molecule has 0 spiro atoms. The third-order valence-corrected chi connectivity index (χ3v) is 7.18. The molecule has 33 heavy (non-hydrogen) atoms. The molecule has 0 saturated carbocycles. The standard InChI is InChI=1S/C25H29FN2O5/c26-17-5-3-4-15(10-17)24(29)28-18-8-9-19(28)12-16(11-18)23(33-25(27)30)13-20-14-31-21-6-1-2-7-22(21)32-20/h2-5,7,10,16,18-20,23H,1,6,8-9,11-14H2,(H2,27,30). The molecule has 2 saturated heterocycles. The van der Waals surface area contributed by atoms with Gasteiger partial charge in [-0.15, -0.1) is 0 Å². The van der Waals surface area contributed by atoms with Crippen LogP contribution in [0.3, 0.4) is 0 Å². The Bertz CT molecular complexity index is 979. The number of rotatable bonds is 5. The molecule has 176 valence electrons. The SMILES string of the molecule is NC(=O)OC(CC1COC2=C(C=CCC2)O1)C1CC2CCC(C1)N2C(=O)c1cccc(F)c1. The van der Waals surface area contributed by atoms with E-state index < -0.39 is 18.0 Å². The fourth-order valence-electron chi connectivity index (χ4n) is 5.76. The van der Waals surface area contributed by atoms with E-state index in [1.807, 2.05) is 11.0 Å². The van der Waals surface area contributed by atoms with Crippen LogP contribution in [-0.2, 0) is 14.2 Å². The first kappa shape index (κ1) is 21.8. The van der Waals surface area contributed by atoms with Crippen molar-refractivity contribution in [2.24, 2.45) is 11.7 Å². The van der Waals surface area contributed by atoms with Gasteiger partial charge in [-0.25, -0.2) is 9.18 Å². The van der Waals surface area contributed by atoms with Crippen molar-refractivity contribution in [2.75, 3.05) is 6.61 Å². The van der Waals surface area contributed by atoms with Crippen molar-refractivity contribution < 1.29 is 28.2 Å². The van der Waals surface area contributed by atoms with Gasteiger partial charge in [0.25, 0.3) is 5.91 Å². The molecule has 4 aliphatic rings. The van der Waals surface area contributed by atoms with Crippen LogP contribution in [0.15, 0.2) is 47.9 Å². The van der Waals surface area contributed by atoms with Gasteiger partial charge in [-0.3, -0.25) is 4.79 Å². The molecule has 0 radical (unpaired) electrons. The molecule has 2 fully saturated rings. The van der Waals surface area contributed by atoms with E-state index >= 15 is 0 Å². The maximum atomic E-state index is 13.7. The zero-order valence-electron chi connectivity index (χ0n) is 18.5. The molecule has 2 bridgehead atoms. The highest BCUT2D eigenvalue weighted by Gasteiger charge is 2.46. The fraction of sp³-hybridized carbons (Fsp3) is 0.520. The van der Waals surface area contributed by atoms with E-state index in [9.17, 15) is 14.0 Å². The molecule has 2 N–H and O–H groups in total. The summed E-state index contributed by atoms with van der Waals surface area (Å²) >= 11 is 0. The molecule has 2 amide bonds. The summed E-state index contributed by atoms with van der Waals surface area (Å²) in [5, 5.41) is 0. The maximum absolute atomic E-state index is 13.7. The molecular formula is C25H29FN2O5. The highest BCUT2D eigenvalue weighted by molar-refractivity contribution is 5.95. The molecule has 7 nitrogen and oxygen atoms in total. The number of nitrogens with two attached hydrogens (primary N) is 1. The van der Waals surface area contributed by atoms with Gasteiger partial charge in [0.05, 0.1) is 0 Å². The van der Waals surface area contributed by atoms with Crippen LogP contribution < -0.4 is 5.73 Å². The predicted molar refractivity (Wildman–Crippen MR) is 117 cm³/mol. The monoisotopic (exact) mass is 456 g/mol. The molecule has 0 aromatic heterocycles. The molecule has 1 aromatic carbocycles. The highest BCUT2D eigenvalue weighted by Crippen LogP contribution is 2.42. The molecule has 1 aromatic rings. The topological polar surface area (TPSA) is 91.1 Å². The molecule has 4 unspecified atom stereocenters. The fourth-order valence-corrected chi connectivity index (χ4v) is 5.76. The Hall–Kier alpha value is -3.03. The van der Waals surface area contributed by atoms with E-state index in [0.29, 0.717) is 31.4 Å². The first-order valence-electron chi connectivity index (χ1n) is 11.7. The lowest BCUT2D eigenvalue weighted by atomic mass is 9.83. The van der Waals surface area contributed by atoms with Crippen molar-refractivity contribution in [2.45, 2.75) is 69.2 Å². The number of ether oxygens (including phenoxy) is 3. The van der Waals surface area contributed by atoms with Crippen LogP contribution in [0.1, 0.15) is 55.3 Å². The number of amides is 2. The van der Waals surface area contributed by atoms with Gasteiger partial charge >= 0.3 is 6.09 Å². The number of halogens is 1. The lowest BCUT2D eigenvalue weighted by Crippen LogP contribution is -2.50. The molecule has 3 heterocycles. The van der Waals surface area contributed by atoms with Gasteiger partial charge in [0, 0.05) is 36.4 Å². The highest BCUT2D eigenvalue weighted by atomic mass is 19.1. The predicted octanol–water partition coefficient (Wildman–Crippen LogP) is 4.04. The van der Waals surface area contributed by atoms with Crippen molar-refractivity contribution in [3.63, 3.8) is 0 Å². The largest absolute Gasteiger partial charge is 0.490 e. The first-order valence-corrected chi connectivity index (χ1v) is 11.7. The molecule has 5 rings (SSSR count). The Balaban J connectivity index is 1.28. The van der Waals surface area contributed by atoms with Gasteiger partial charge in [0.2, 0.25) is 0 Å². The number of primary amides is 1. The number of hydrogen-bond acceptors (Lipinski definition) is 5. The van der Waals surface area contributed by atoms with Crippen LogP contribution in [-0.4, -0.2) is 47.8 Å². The maximum Gasteiger partial charge on any atom is 0.404 e. The Morgan fingerprint density at radius 1 is 1.24 bits per heavy atom. The van der Waals surface area contributed by atoms with Crippen LogP contribution in [0.25, 0.3) is 0 Å². The van der Waals surface area contributed by atoms with Crippen LogP contribution in [0.5, 0.6) is 0 Å². The van der Waals surface area contributed by atoms with Crippen LogP contribution >= 0.6 is 0 Å². The third-order valence-electron chi connectivity index (χ3n) is 7.18. The van der Waals surface area contributed by atoms with Crippen LogP contribution in [0.2, 0.25) is 0 Å². The number of fused-ring (bicyclic) bond motifs is 2. The number of benzene rings is 1. The van der Waals surface area contributed by atoms with Gasteiger partial charge in [-0.1, -0.05) is 12.1 Å². The Kier molecular flexibility index (Phi) is 6.00. The van der Waals surface area contributed by atoms with Crippen LogP contribution in [0, 0.1) is 11.7 Å². The van der Waals surface area contributed by atoms with Crippen molar-refractivity contribution in [1.29, 1.82) is 0 Å². The summed E-state index contributed by atoms with van der Waals surface area (Å²) in [6.45, 7) is 0.412. The second-order valence-corrected chi connectivity index (χ2v) is 9.33. The lowest BCUT2D eigenvalue weighted by Gasteiger charge is -2.42. The Labute approximate surface area is 192 Å². The summed E-state index contributed by atoms with van der Waals surface area (Å²) < 4.78 is 31.2.